The predicted molar refractivity (Wildman–Crippen MR) is 152 cm³/mol. The van der Waals surface area contributed by atoms with Crippen molar-refractivity contribution in [3.8, 4) is 0 Å². The van der Waals surface area contributed by atoms with Gasteiger partial charge in [0, 0.05) is 17.8 Å². The number of hydrogen-bond donors (Lipinski definition) is 1. The van der Waals surface area contributed by atoms with E-state index >= 15 is 0 Å². The molecular formula is C29H25N3O3S2. The minimum absolute atomic E-state index is 0.165. The van der Waals surface area contributed by atoms with Crippen LogP contribution in [0.3, 0.4) is 0 Å². The zero-order valence-corrected chi connectivity index (χ0v) is 22.1. The summed E-state index contributed by atoms with van der Waals surface area (Å²) >= 11 is 6.67. The molecule has 2 heterocycles. The minimum atomic E-state index is -0.374. The summed E-state index contributed by atoms with van der Waals surface area (Å²) in [6.07, 6.45) is 0.658. The number of nitrogens with one attached hydrogen (secondary N) is 1. The maximum absolute atomic E-state index is 13.7. The molecule has 3 aromatic rings. The molecule has 3 aromatic carbocycles. The second-order valence-electron chi connectivity index (χ2n) is 8.99. The van der Waals surface area contributed by atoms with Crippen LogP contribution in [0.25, 0.3) is 5.57 Å². The summed E-state index contributed by atoms with van der Waals surface area (Å²) in [5.74, 6) is -0.954. The Balaban J connectivity index is 1.40. The van der Waals surface area contributed by atoms with Gasteiger partial charge < -0.3 is 5.32 Å². The Morgan fingerprint density at radius 2 is 1.54 bits per heavy atom. The van der Waals surface area contributed by atoms with Crippen molar-refractivity contribution in [2.24, 2.45) is 0 Å². The van der Waals surface area contributed by atoms with Gasteiger partial charge in [-0.25, -0.2) is 0 Å². The van der Waals surface area contributed by atoms with Crippen LogP contribution in [0.15, 0.2) is 77.7 Å². The van der Waals surface area contributed by atoms with Crippen LogP contribution >= 0.6 is 24.0 Å². The van der Waals surface area contributed by atoms with Crippen molar-refractivity contribution in [3.05, 3.63) is 100.0 Å². The van der Waals surface area contributed by atoms with Gasteiger partial charge >= 0.3 is 0 Å². The Hall–Kier alpha value is -3.75. The summed E-state index contributed by atoms with van der Waals surface area (Å²) in [5.41, 5.74) is 5.28. The van der Waals surface area contributed by atoms with Crippen molar-refractivity contribution in [1.29, 1.82) is 0 Å². The minimum Gasteiger partial charge on any atom is -0.324 e. The quantitative estimate of drug-likeness (QED) is 0.357. The van der Waals surface area contributed by atoms with Gasteiger partial charge in [-0.2, -0.15) is 0 Å². The number of aryl methyl sites for hydroxylation is 2. The van der Waals surface area contributed by atoms with Gasteiger partial charge in [-0.15, -0.1) is 0 Å². The number of para-hydroxylation sites is 2. The maximum Gasteiger partial charge on any atom is 0.267 e. The lowest BCUT2D eigenvalue weighted by Crippen LogP contribution is -2.36. The lowest BCUT2D eigenvalue weighted by Gasteiger charge is -2.18. The monoisotopic (exact) mass is 527 g/mol. The van der Waals surface area contributed by atoms with Crippen LogP contribution in [-0.4, -0.2) is 40.0 Å². The SMILES string of the molecule is Cc1cccc(C)c1NC(=O)CN1C(=O)/C(=C2\SC(=S)N(CCc3ccccc3)C2=O)c2ccccc21. The van der Waals surface area contributed by atoms with Gasteiger partial charge in [0.05, 0.1) is 16.2 Å². The molecule has 1 fully saturated rings. The van der Waals surface area contributed by atoms with Crippen LogP contribution < -0.4 is 10.2 Å². The Bertz CT molecular complexity index is 1450. The van der Waals surface area contributed by atoms with Crippen molar-refractivity contribution in [3.63, 3.8) is 0 Å². The van der Waals surface area contributed by atoms with Crippen LogP contribution in [0.2, 0.25) is 0 Å². The molecule has 8 heteroatoms. The van der Waals surface area contributed by atoms with Crippen LogP contribution in [-0.2, 0) is 20.8 Å². The second kappa shape index (κ2) is 10.3. The number of thiocarbonyl (C=S) groups is 1. The largest absolute Gasteiger partial charge is 0.324 e. The van der Waals surface area contributed by atoms with Crippen LogP contribution in [0, 0.1) is 13.8 Å². The second-order valence-corrected chi connectivity index (χ2v) is 10.6. The van der Waals surface area contributed by atoms with E-state index in [1.165, 1.54) is 4.90 Å². The Morgan fingerprint density at radius 3 is 2.27 bits per heavy atom. The molecule has 186 valence electrons. The highest BCUT2D eigenvalue weighted by molar-refractivity contribution is 8.26. The number of thioether (sulfide) groups is 1. The molecule has 0 unspecified atom stereocenters. The number of carbonyl (C=O) groups is 3. The van der Waals surface area contributed by atoms with E-state index in [9.17, 15) is 14.4 Å². The maximum atomic E-state index is 13.7. The third-order valence-electron chi connectivity index (χ3n) is 6.51. The molecule has 5 rings (SSSR count). The third-order valence-corrected chi connectivity index (χ3v) is 7.96. The van der Waals surface area contributed by atoms with E-state index in [0.29, 0.717) is 39.0 Å². The van der Waals surface area contributed by atoms with Crippen molar-refractivity contribution in [2.45, 2.75) is 20.3 Å². The molecule has 0 bridgehead atoms. The molecule has 37 heavy (non-hydrogen) atoms. The first kappa shape index (κ1) is 24.9. The average molecular weight is 528 g/mol. The van der Waals surface area contributed by atoms with Crippen molar-refractivity contribution in [1.82, 2.24) is 4.90 Å². The highest BCUT2D eigenvalue weighted by Crippen LogP contribution is 2.44. The fourth-order valence-corrected chi connectivity index (χ4v) is 6.00. The molecular weight excluding hydrogens is 502 g/mol. The predicted octanol–water partition coefficient (Wildman–Crippen LogP) is 5.10. The third kappa shape index (κ3) is 4.82. The average Bonchev–Trinajstić information content (AvgIpc) is 3.32. The van der Waals surface area contributed by atoms with Crippen molar-refractivity contribution >= 4 is 63.0 Å². The Morgan fingerprint density at radius 1 is 0.865 bits per heavy atom. The van der Waals surface area contributed by atoms with E-state index < -0.39 is 0 Å². The van der Waals surface area contributed by atoms with E-state index in [2.05, 4.69) is 5.32 Å². The van der Waals surface area contributed by atoms with Crippen LogP contribution in [0.5, 0.6) is 0 Å². The molecule has 6 nitrogen and oxygen atoms in total. The number of benzene rings is 3. The molecule has 0 aliphatic carbocycles. The first-order chi connectivity index (χ1) is 17.8. The molecule has 0 atom stereocenters. The van der Waals surface area contributed by atoms with E-state index in [0.717, 1.165) is 34.1 Å². The number of amides is 3. The summed E-state index contributed by atoms with van der Waals surface area (Å²) < 4.78 is 0.430. The first-order valence-electron chi connectivity index (χ1n) is 11.9. The summed E-state index contributed by atoms with van der Waals surface area (Å²) in [6, 6.07) is 22.9. The van der Waals surface area contributed by atoms with Crippen LogP contribution in [0.4, 0.5) is 11.4 Å². The van der Waals surface area contributed by atoms with Gasteiger partial charge in [0.2, 0.25) is 5.91 Å². The van der Waals surface area contributed by atoms with E-state index in [1.807, 2.05) is 80.6 Å². The molecule has 0 aromatic heterocycles. The molecule has 3 amide bonds. The van der Waals surface area contributed by atoms with E-state index in [4.69, 9.17) is 12.2 Å². The summed E-state index contributed by atoms with van der Waals surface area (Å²) in [6.45, 7) is 4.12. The number of nitrogens with zero attached hydrogens (tertiary/aromatic N) is 2. The number of hydrogen-bond acceptors (Lipinski definition) is 5. The first-order valence-corrected chi connectivity index (χ1v) is 13.2. The molecule has 1 N–H and O–H groups in total. The topological polar surface area (TPSA) is 69.7 Å². The molecule has 0 saturated carbocycles. The fourth-order valence-electron chi connectivity index (χ4n) is 4.62. The molecule has 0 spiro atoms. The van der Waals surface area contributed by atoms with E-state index in [-0.39, 0.29) is 24.3 Å². The lowest BCUT2D eigenvalue weighted by molar-refractivity contribution is -0.122. The van der Waals surface area contributed by atoms with Crippen molar-refractivity contribution < 1.29 is 14.4 Å². The normalized spacial score (nSPS) is 17.0. The zero-order valence-electron chi connectivity index (χ0n) is 20.5. The fraction of sp³-hybridized carbons (Fsp3) is 0.172. The lowest BCUT2D eigenvalue weighted by atomic mass is 10.1. The highest BCUT2D eigenvalue weighted by Gasteiger charge is 2.42. The summed E-state index contributed by atoms with van der Waals surface area (Å²) in [7, 11) is 0. The molecule has 0 radical (unpaired) electrons. The zero-order chi connectivity index (χ0) is 26.1. The van der Waals surface area contributed by atoms with Gasteiger partial charge in [0.1, 0.15) is 10.9 Å². The molecule has 2 aliphatic rings. The van der Waals surface area contributed by atoms with Gasteiger partial charge in [0.15, 0.2) is 0 Å². The molecule has 2 aliphatic heterocycles. The smallest absolute Gasteiger partial charge is 0.267 e. The van der Waals surface area contributed by atoms with Gasteiger partial charge in [-0.3, -0.25) is 24.2 Å². The van der Waals surface area contributed by atoms with Gasteiger partial charge in [-0.1, -0.05) is 90.7 Å². The number of fused-ring (bicyclic) bond motifs is 1. The van der Waals surface area contributed by atoms with E-state index in [1.54, 1.807) is 11.0 Å². The number of rotatable bonds is 6. The highest BCUT2D eigenvalue weighted by atomic mass is 32.2. The Labute approximate surface area is 225 Å². The Kier molecular flexibility index (Phi) is 6.95. The van der Waals surface area contributed by atoms with Gasteiger partial charge in [0.25, 0.3) is 11.8 Å². The number of anilines is 2. The standard InChI is InChI=1S/C29H25N3O3S2/c1-18-9-8-10-19(2)25(18)30-23(33)17-32-22-14-7-6-13-21(22)24(27(32)34)26-28(35)31(29(36)37-26)16-15-20-11-4-3-5-12-20/h3-14H,15-17H2,1-2H3,(H,30,33)/b26-24-. The summed E-state index contributed by atoms with van der Waals surface area (Å²) in [4.78, 5) is 43.4. The van der Waals surface area contributed by atoms with Crippen LogP contribution in [0.1, 0.15) is 22.3 Å². The van der Waals surface area contributed by atoms with Gasteiger partial charge in [-0.05, 0) is 43.0 Å². The summed E-state index contributed by atoms with van der Waals surface area (Å²) in [5, 5.41) is 2.95. The van der Waals surface area contributed by atoms with Crippen molar-refractivity contribution in [2.75, 3.05) is 23.3 Å². The number of carbonyl (C=O) groups excluding carboxylic acids is 3. The molecule has 1 saturated heterocycles.